The van der Waals surface area contributed by atoms with Crippen LogP contribution in [0.3, 0.4) is 0 Å². The Morgan fingerprint density at radius 3 is 2.25 bits per heavy atom. The van der Waals surface area contributed by atoms with Crippen molar-refractivity contribution < 1.29 is 0 Å². The molecule has 0 spiro atoms. The van der Waals surface area contributed by atoms with Crippen molar-refractivity contribution >= 4 is 11.6 Å². The van der Waals surface area contributed by atoms with Gasteiger partial charge in [-0.1, -0.05) is 27.7 Å². The van der Waals surface area contributed by atoms with E-state index in [0.29, 0.717) is 11.5 Å². The molecule has 0 amide bonds. The third-order valence-corrected chi connectivity index (χ3v) is 2.36. The van der Waals surface area contributed by atoms with Gasteiger partial charge >= 0.3 is 0 Å². The van der Waals surface area contributed by atoms with Crippen molar-refractivity contribution in [1.29, 1.82) is 0 Å². The predicted molar refractivity (Wildman–Crippen MR) is 56.9 cm³/mol. The molecule has 2 heteroatoms. The summed E-state index contributed by atoms with van der Waals surface area (Å²) in [5, 5.41) is 3.44. The zero-order valence-corrected chi connectivity index (χ0v) is 9.54. The number of nitrogens with one attached hydrogen (secondary N) is 1. The summed E-state index contributed by atoms with van der Waals surface area (Å²) in [6, 6.07) is 0.494. The standard InChI is InChI=1S/C10H22ClN/c1-5-9(8-11)12-7-6-10(2,3)4/h9,12H,5-8H2,1-4H3. The lowest BCUT2D eigenvalue weighted by Gasteiger charge is -2.20. The Kier molecular flexibility index (Phi) is 5.94. The molecule has 0 rings (SSSR count). The van der Waals surface area contributed by atoms with Crippen molar-refractivity contribution in [2.75, 3.05) is 12.4 Å². The summed E-state index contributed by atoms with van der Waals surface area (Å²) in [4.78, 5) is 0. The smallest absolute Gasteiger partial charge is 0.0377 e. The first-order valence-corrected chi connectivity index (χ1v) is 5.32. The topological polar surface area (TPSA) is 12.0 Å². The van der Waals surface area contributed by atoms with Gasteiger partial charge in [-0.15, -0.1) is 11.6 Å². The van der Waals surface area contributed by atoms with Gasteiger partial charge in [-0.3, -0.25) is 0 Å². The van der Waals surface area contributed by atoms with Gasteiger partial charge in [0.05, 0.1) is 0 Å². The van der Waals surface area contributed by atoms with E-state index in [2.05, 4.69) is 33.0 Å². The molecule has 0 fully saturated rings. The first kappa shape index (κ1) is 12.2. The van der Waals surface area contributed by atoms with Crippen molar-refractivity contribution in [2.24, 2.45) is 5.41 Å². The van der Waals surface area contributed by atoms with Crippen molar-refractivity contribution in [1.82, 2.24) is 5.32 Å². The van der Waals surface area contributed by atoms with E-state index in [9.17, 15) is 0 Å². The molecule has 0 aliphatic carbocycles. The van der Waals surface area contributed by atoms with Gasteiger partial charge in [0, 0.05) is 11.9 Å². The van der Waals surface area contributed by atoms with E-state index in [4.69, 9.17) is 11.6 Å². The predicted octanol–water partition coefficient (Wildman–Crippen LogP) is 3.03. The fourth-order valence-electron chi connectivity index (χ4n) is 0.959. The Morgan fingerprint density at radius 2 is 1.92 bits per heavy atom. The second kappa shape index (κ2) is 5.82. The molecule has 12 heavy (non-hydrogen) atoms. The maximum Gasteiger partial charge on any atom is 0.0377 e. The molecule has 0 heterocycles. The Labute approximate surface area is 81.9 Å². The summed E-state index contributed by atoms with van der Waals surface area (Å²) in [6.45, 7) is 10.0. The van der Waals surface area contributed by atoms with Crippen LogP contribution < -0.4 is 5.32 Å². The Hall–Kier alpha value is 0.250. The van der Waals surface area contributed by atoms with E-state index in [1.54, 1.807) is 0 Å². The quantitative estimate of drug-likeness (QED) is 0.659. The van der Waals surface area contributed by atoms with E-state index in [1.165, 1.54) is 6.42 Å². The first-order chi connectivity index (χ1) is 5.49. The van der Waals surface area contributed by atoms with Crippen LogP contribution in [0.25, 0.3) is 0 Å². The van der Waals surface area contributed by atoms with E-state index >= 15 is 0 Å². The minimum atomic E-state index is 0.428. The molecule has 0 aromatic rings. The Morgan fingerprint density at radius 1 is 1.33 bits per heavy atom. The number of rotatable bonds is 5. The van der Waals surface area contributed by atoms with Crippen LogP contribution >= 0.6 is 11.6 Å². The van der Waals surface area contributed by atoms with Crippen molar-refractivity contribution in [3.05, 3.63) is 0 Å². The van der Waals surface area contributed by atoms with Crippen LogP contribution in [0.2, 0.25) is 0 Å². The van der Waals surface area contributed by atoms with E-state index in [0.717, 1.165) is 18.8 Å². The maximum absolute atomic E-state index is 5.76. The van der Waals surface area contributed by atoms with Gasteiger partial charge in [0.2, 0.25) is 0 Å². The summed E-state index contributed by atoms with van der Waals surface area (Å²) >= 11 is 5.76. The largest absolute Gasteiger partial charge is 0.313 e. The van der Waals surface area contributed by atoms with E-state index in [1.807, 2.05) is 0 Å². The Bertz CT molecular complexity index is 103. The minimum absolute atomic E-state index is 0.428. The van der Waals surface area contributed by atoms with Crippen LogP contribution in [0.5, 0.6) is 0 Å². The molecule has 0 aliphatic heterocycles. The zero-order chi connectivity index (χ0) is 9.61. The highest BCUT2D eigenvalue weighted by molar-refractivity contribution is 6.18. The van der Waals surface area contributed by atoms with Crippen LogP contribution in [-0.2, 0) is 0 Å². The molecule has 0 aromatic heterocycles. The molecule has 1 N–H and O–H groups in total. The summed E-state index contributed by atoms with van der Waals surface area (Å²) in [6.07, 6.45) is 2.33. The molecule has 0 saturated heterocycles. The molecular formula is C10H22ClN. The van der Waals surface area contributed by atoms with Gasteiger partial charge in [0.25, 0.3) is 0 Å². The van der Waals surface area contributed by atoms with E-state index < -0.39 is 0 Å². The van der Waals surface area contributed by atoms with Crippen molar-refractivity contribution in [2.45, 2.75) is 46.6 Å². The highest BCUT2D eigenvalue weighted by Gasteiger charge is 2.10. The van der Waals surface area contributed by atoms with Gasteiger partial charge in [0.1, 0.15) is 0 Å². The summed E-state index contributed by atoms with van der Waals surface area (Å²) < 4.78 is 0. The number of halogens is 1. The number of hydrogen-bond donors (Lipinski definition) is 1. The molecule has 74 valence electrons. The molecule has 0 saturated carbocycles. The molecule has 0 bridgehead atoms. The second-order valence-corrected chi connectivity index (χ2v) is 4.83. The van der Waals surface area contributed by atoms with Gasteiger partial charge < -0.3 is 5.32 Å². The van der Waals surface area contributed by atoms with Crippen LogP contribution in [0.1, 0.15) is 40.5 Å². The van der Waals surface area contributed by atoms with Crippen molar-refractivity contribution in [3.8, 4) is 0 Å². The monoisotopic (exact) mass is 191 g/mol. The normalized spacial score (nSPS) is 14.8. The van der Waals surface area contributed by atoms with Gasteiger partial charge in [-0.25, -0.2) is 0 Å². The molecule has 1 nitrogen and oxygen atoms in total. The fraction of sp³-hybridized carbons (Fsp3) is 1.00. The van der Waals surface area contributed by atoms with Crippen molar-refractivity contribution in [3.63, 3.8) is 0 Å². The van der Waals surface area contributed by atoms with E-state index in [-0.39, 0.29) is 0 Å². The first-order valence-electron chi connectivity index (χ1n) is 4.79. The lowest BCUT2D eigenvalue weighted by molar-refractivity contribution is 0.356. The highest BCUT2D eigenvalue weighted by atomic mass is 35.5. The van der Waals surface area contributed by atoms with Crippen LogP contribution in [-0.4, -0.2) is 18.5 Å². The average Bonchev–Trinajstić information content (AvgIpc) is 1.96. The maximum atomic E-state index is 5.76. The molecule has 1 unspecified atom stereocenters. The molecule has 1 atom stereocenters. The molecule has 0 aliphatic rings. The fourth-order valence-corrected chi connectivity index (χ4v) is 1.29. The summed E-state index contributed by atoms with van der Waals surface area (Å²) in [5.41, 5.74) is 0.428. The zero-order valence-electron chi connectivity index (χ0n) is 8.78. The average molecular weight is 192 g/mol. The second-order valence-electron chi connectivity index (χ2n) is 4.52. The third kappa shape index (κ3) is 6.93. The summed E-state index contributed by atoms with van der Waals surface area (Å²) in [7, 11) is 0. The lowest BCUT2D eigenvalue weighted by atomic mass is 9.92. The molecule has 0 aromatic carbocycles. The number of hydrogen-bond acceptors (Lipinski definition) is 1. The van der Waals surface area contributed by atoms with Gasteiger partial charge in [-0.2, -0.15) is 0 Å². The molecule has 0 radical (unpaired) electrons. The van der Waals surface area contributed by atoms with Gasteiger partial charge in [0.15, 0.2) is 0 Å². The Balaban J connectivity index is 3.41. The van der Waals surface area contributed by atoms with Crippen LogP contribution in [0, 0.1) is 5.41 Å². The summed E-state index contributed by atoms with van der Waals surface area (Å²) in [5.74, 6) is 0.723. The lowest BCUT2D eigenvalue weighted by Crippen LogP contribution is -2.32. The van der Waals surface area contributed by atoms with Gasteiger partial charge in [-0.05, 0) is 24.8 Å². The third-order valence-electron chi connectivity index (χ3n) is 1.99. The SMILES string of the molecule is CCC(CCl)NCCC(C)(C)C. The number of alkyl halides is 1. The van der Waals surface area contributed by atoms with Crippen LogP contribution in [0.15, 0.2) is 0 Å². The van der Waals surface area contributed by atoms with Crippen LogP contribution in [0.4, 0.5) is 0 Å². The highest BCUT2D eigenvalue weighted by Crippen LogP contribution is 2.17. The molecular weight excluding hydrogens is 170 g/mol. The minimum Gasteiger partial charge on any atom is -0.313 e.